The van der Waals surface area contributed by atoms with E-state index >= 15 is 0 Å². The van der Waals surface area contributed by atoms with Crippen molar-refractivity contribution < 1.29 is 8.42 Å². The van der Waals surface area contributed by atoms with E-state index < -0.39 is 10.0 Å². The molecule has 0 unspecified atom stereocenters. The maximum absolute atomic E-state index is 12.5. The van der Waals surface area contributed by atoms with Crippen LogP contribution in [0.15, 0.2) is 29.3 Å². The number of aryl methyl sites for hydroxylation is 3. The molecule has 0 radical (unpaired) electrons. The number of aromatic amines is 1. The van der Waals surface area contributed by atoms with Gasteiger partial charge >= 0.3 is 0 Å². The molecule has 3 aromatic heterocycles. The number of sulfonamides is 1. The van der Waals surface area contributed by atoms with Crippen LogP contribution in [0.2, 0.25) is 0 Å². The minimum atomic E-state index is -3.60. The van der Waals surface area contributed by atoms with Gasteiger partial charge in [0.1, 0.15) is 4.90 Å². The largest absolute Gasteiger partial charge is 0.281 e. The molecule has 0 aliphatic heterocycles. The molecule has 26 heavy (non-hydrogen) atoms. The van der Waals surface area contributed by atoms with Gasteiger partial charge in [0, 0.05) is 18.4 Å². The van der Waals surface area contributed by atoms with Gasteiger partial charge in [0.15, 0.2) is 5.82 Å². The second-order valence-corrected chi connectivity index (χ2v) is 7.86. The van der Waals surface area contributed by atoms with Crippen LogP contribution >= 0.6 is 0 Å². The number of pyridine rings is 1. The Morgan fingerprint density at radius 2 is 1.92 bits per heavy atom. The van der Waals surface area contributed by atoms with E-state index in [9.17, 15) is 8.42 Å². The molecular weight excluding hydrogens is 352 g/mol. The molecule has 9 heteroatoms. The molecule has 138 valence electrons. The van der Waals surface area contributed by atoms with Gasteiger partial charge in [0.05, 0.1) is 17.1 Å². The summed E-state index contributed by atoms with van der Waals surface area (Å²) in [6.45, 7) is 7.52. The summed E-state index contributed by atoms with van der Waals surface area (Å²) in [5.74, 6) is 0.740. The molecule has 8 nitrogen and oxygen atoms in total. The SMILES string of the molecule is Cc1nn(-c2ccccn2)c(C)c1CCNS(=O)(=O)c1c(C)n[nH]c1C. The van der Waals surface area contributed by atoms with Crippen LogP contribution in [-0.4, -0.2) is 39.9 Å². The topological polar surface area (TPSA) is 106 Å². The molecule has 0 bridgehead atoms. The van der Waals surface area contributed by atoms with E-state index in [-0.39, 0.29) is 11.4 Å². The Morgan fingerprint density at radius 3 is 2.54 bits per heavy atom. The predicted molar refractivity (Wildman–Crippen MR) is 97.8 cm³/mol. The summed E-state index contributed by atoms with van der Waals surface area (Å²) < 4.78 is 29.5. The summed E-state index contributed by atoms with van der Waals surface area (Å²) in [6, 6.07) is 5.64. The average molecular weight is 374 g/mol. The number of H-pyrrole nitrogens is 1. The first-order chi connectivity index (χ1) is 12.3. The zero-order valence-electron chi connectivity index (χ0n) is 15.2. The average Bonchev–Trinajstić information content (AvgIpc) is 3.09. The molecule has 3 aromatic rings. The van der Waals surface area contributed by atoms with E-state index in [0.29, 0.717) is 17.8 Å². The van der Waals surface area contributed by atoms with E-state index in [2.05, 4.69) is 25.0 Å². The molecule has 3 heterocycles. The van der Waals surface area contributed by atoms with Crippen molar-refractivity contribution in [2.75, 3.05) is 6.54 Å². The van der Waals surface area contributed by atoms with Crippen LogP contribution in [0.3, 0.4) is 0 Å². The number of rotatable bonds is 6. The third-order valence-electron chi connectivity index (χ3n) is 4.30. The standard InChI is InChI=1S/C17H22N6O2S/c1-11-15(14(4)23(22-11)16-7-5-6-9-18-16)8-10-19-26(24,25)17-12(2)20-21-13(17)3/h5-7,9,19H,8,10H2,1-4H3,(H,20,21). The van der Waals surface area contributed by atoms with E-state index in [0.717, 1.165) is 22.8 Å². The first-order valence-corrected chi connectivity index (χ1v) is 9.77. The Bertz CT molecular complexity index is 1000. The molecule has 3 rings (SSSR count). The fourth-order valence-electron chi connectivity index (χ4n) is 3.06. The van der Waals surface area contributed by atoms with Gasteiger partial charge in [0.25, 0.3) is 0 Å². The van der Waals surface area contributed by atoms with Crippen LogP contribution in [0.5, 0.6) is 0 Å². The van der Waals surface area contributed by atoms with E-state index in [1.54, 1.807) is 24.7 Å². The zero-order chi connectivity index (χ0) is 18.9. The van der Waals surface area contributed by atoms with Crippen molar-refractivity contribution in [2.45, 2.75) is 39.0 Å². The molecule has 0 atom stereocenters. The molecular formula is C17H22N6O2S. The highest BCUT2D eigenvalue weighted by Gasteiger charge is 2.22. The van der Waals surface area contributed by atoms with Gasteiger partial charge in [-0.15, -0.1) is 0 Å². The first-order valence-electron chi connectivity index (χ1n) is 8.29. The van der Waals surface area contributed by atoms with E-state index in [1.807, 2.05) is 32.0 Å². The molecule has 0 aliphatic rings. The van der Waals surface area contributed by atoms with Gasteiger partial charge in [-0.25, -0.2) is 22.8 Å². The lowest BCUT2D eigenvalue weighted by atomic mass is 10.1. The van der Waals surface area contributed by atoms with Crippen LogP contribution in [0.25, 0.3) is 5.82 Å². The Balaban J connectivity index is 1.76. The van der Waals surface area contributed by atoms with Crippen LogP contribution in [0, 0.1) is 27.7 Å². The van der Waals surface area contributed by atoms with Crippen molar-refractivity contribution in [1.29, 1.82) is 0 Å². The number of nitrogens with one attached hydrogen (secondary N) is 2. The van der Waals surface area contributed by atoms with Gasteiger partial charge in [0.2, 0.25) is 10.0 Å². The summed E-state index contributed by atoms with van der Waals surface area (Å²) in [7, 11) is -3.60. The molecule has 0 spiro atoms. The van der Waals surface area contributed by atoms with Crippen molar-refractivity contribution >= 4 is 10.0 Å². The molecule has 0 aromatic carbocycles. The highest BCUT2D eigenvalue weighted by atomic mass is 32.2. The number of aromatic nitrogens is 5. The third kappa shape index (κ3) is 3.40. The molecule has 2 N–H and O–H groups in total. The number of nitrogens with zero attached hydrogens (tertiary/aromatic N) is 4. The summed E-state index contributed by atoms with van der Waals surface area (Å²) in [6.07, 6.45) is 2.26. The molecule has 0 saturated carbocycles. The predicted octanol–water partition coefficient (Wildman–Crippen LogP) is 1.75. The first kappa shape index (κ1) is 18.3. The fourth-order valence-corrected chi connectivity index (χ4v) is 4.46. The lowest BCUT2D eigenvalue weighted by Crippen LogP contribution is -2.27. The molecule has 0 fully saturated rings. The van der Waals surface area contributed by atoms with Crippen molar-refractivity contribution in [3.8, 4) is 5.82 Å². The van der Waals surface area contributed by atoms with Crippen molar-refractivity contribution in [3.05, 3.63) is 52.7 Å². The summed E-state index contributed by atoms with van der Waals surface area (Å²) >= 11 is 0. The van der Waals surface area contributed by atoms with E-state index in [4.69, 9.17) is 0 Å². The highest BCUT2D eigenvalue weighted by molar-refractivity contribution is 7.89. The van der Waals surface area contributed by atoms with Crippen molar-refractivity contribution in [2.24, 2.45) is 0 Å². The minimum absolute atomic E-state index is 0.218. The van der Waals surface area contributed by atoms with Gasteiger partial charge in [-0.3, -0.25) is 5.10 Å². The summed E-state index contributed by atoms with van der Waals surface area (Å²) in [4.78, 5) is 4.53. The number of hydrogen-bond donors (Lipinski definition) is 2. The van der Waals surface area contributed by atoms with Crippen LogP contribution in [0.1, 0.15) is 28.3 Å². The van der Waals surface area contributed by atoms with Crippen molar-refractivity contribution in [3.63, 3.8) is 0 Å². The van der Waals surface area contributed by atoms with Gasteiger partial charge < -0.3 is 0 Å². The Morgan fingerprint density at radius 1 is 1.15 bits per heavy atom. The summed E-state index contributed by atoms with van der Waals surface area (Å²) in [5, 5.41) is 11.2. The Hall–Kier alpha value is -2.52. The van der Waals surface area contributed by atoms with Gasteiger partial charge in [-0.2, -0.15) is 10.2 Å². The second-order valence-electron chi connectivity index (χ2n) is 6.16. The van der Waals surface area contributed by atoms with Crippen LogP contribution in [-0.2, 0) is 16.4 Å². The minimum Gasteiger partial charge on any atom is -0.281 e. The molecule has 0 aliphatic carbocycles. The Labute approximate surface area is 152 Å². The maximum Gasteiger partial charge on any atom is 0.244 e. The fraction of sp³-hybridized carbons (Fsp3) is 0.353. The smallest absolute Gasteiger partial charge is 0.244 e. The van der Waals surface area contributed by atoms with Crippen LogP contribution < -0.4 is 4.72 Å². The van der Waals surface area contributed by atoms with Crippen molar-refractivity contribution in [1.82, 2.24) is 29.7 Å². The highest BCUT2D eigenvalue weighted by Crippen LogP contribution is 2.18. The lowest BCUT2D eigenvalue weighted by Gasteiger charge is -2.08. The van der Waals surface area contributed by atoms with Gasteiger partial charge in [-0.05, 0) is 51.8 Å². The second kappa shape index (κ2) is 7.00. The number of hydrogen-bond acceptors (Lipinski definition) is 5. The van der Waals surface area contributed by atoms with Crippen LogP contribution in [0.4, 0.5) is 0 Å². The zero-order valence-corrected chi connectivity index (χ0v) is 16.1. The third-order valence-corrected chi connectivity index (χ3v) is 6.03. The Kier molecular flexibility index (Phi) is 4.92. The lowest BCUT2D eigenvalue weighted by molar-refractivity contribution is 0.580. The maximum atomic E-state index is 12.5. The van der Waals surface area contributed by atoms with E-state index in [1.165, 1.54) is 0 Å². The summed E-state index contributed by atoms with van der Waals surface area (Å²) in [5.41, 5.74) is 3.83. The molecule has 0 amide bonds. The quantitative estimate of drug-likeness (QED) is 0.684. The molecule has 0 saturated heterocycles. The normalized spacial score (nSPS) is 11.8. The monoisotopic (exact) mass is 374 g/mol. The van der Waals surface area contributed by atoms with Gasteiger partial charge in [-0.1, -0.05) is 6.07 Å².